The van der Waals surface area contributed by atoms with Crippen LogP contribution in [0.2, 0.25) is 0 Å². The van der Waals surface area contributed by atoms with Crippen LogP contribution >= 0.6 is 0 Å². The molecule has 0 aliphatic carbocycles. The first-order chi connectivity index (χ1) is 6.72. The second-order valence-electron chi connectivity index (χ2n) is 2.06. The normalized spacial score (nSPS) is 9.47. The lowest BCUT2D eigenvalue weighted by Gasteiger charge is -2.02. The maximum atomic E-state index is 10.9. The van der Waals surface area contributed by atoms with Gasteiger partial charge in [0.1, 0.15) is 0 Å². The molecule has 0 aromatic carbocycles. The van der Waals surface area contributed by atoms with E-state index in [1.807, 2.05) is 6.92 Å². The average Bonchev–Trinajstić information content (AvgIpc) is 2.01. The monoisotopic (exact) mass is 231 g/mol. The second-order valence-corrected chi connectivity index (χ2v) is 2.06. The van der Waals surface area contributed by atoms with Crippen molar-refractivity contribution in [3.63, 3.8) is 0 Å². The highest BCUT2D eigenvalue weighted by molar-refractivity contribution is 5.66. The number of esters is 1. The van der Waals surface area contributed by atoms with Crippen LogP contribution in [0.3, 0.4) is 0 Å². The Labute approximate surface area is 84.5 Å². The Morgan fingerprint density at radius 2 is 1.80 bits per heavy atom. The molecule has 0 spiro atoms. The van der Waals surface area contributed by atoms with E-state index in [1.165, 1.54) is 7.11 Å². The van der Waals surface area contributed by atoms with Crippen LogP contribution in [0.5, 0.6) is 0 Å². The highest BCUT2D eigenvalue weighted by atomic mass is 19.4. The van der Waals surface area contributed by atoms with Gasteiger partial charge in [-0.25, -0.2) is 4.79 Å². The van der Waals surface area contributed by atoms with Crippen molar-refractivity contribution in [1.29, 1.82) is 0 Å². The van der Waals surface area contributed by atoms with Gasteiger partial charge in [-0.2, -0.15) is 0 Å². The van der Waals surface area contributed by atoms with E-state index in [-0.39, 0.29) is 6.09 Å². The van der Waals surface area contributed by atoms with Crippen molar-refractivity contribution in [3.05, 3.63) is 0 Å². The van der Waals surface area contributed by atoms with Crippen molar-refractivity contribution in [2.24, 2.45) is 0 Å². The predicted octanol–water partition coefficient (Wildman–Crippen LogP) is 1.43. The number of halogens is 3. The zero-order valence-corrected chi connectivity index (χ0v) is 8.47. The van der Waals surface area contributed by atoms with E-state index in [0.29, 0.717) is 13.5 Å². The van der Waals surface area contributed by atoms with Crippen LogP contribution in [0.1, 0.15) is 13.8 Å². The molecule has 0 aromatic rings. The third kappa shape index (κ3) is 19.1. The van der Waals surface area contributed by atoms with Gasteiger partial charge in [-0.1, -0.05) is 0 Å². The smallest absolute Gasteiger partial charge is 0.453 e. The molecule has 90 valence electrons. The number of carbonyl (C=O) groups excluding carboxylic acids is 2. The Kier molecular flexibility index (Phi) is 8.40. The van der Waals surface area contributed by atoms with Gasteiger partial charge >= 0.3 is 18.4 Å². The molecule has 0 aromatic heterocycles. The van der Waals surface area contributed by atoms with E-state index in [1.54, 1.807) is 0 Å². The van der Waals surface area contributed by atoms with E-state index in [9.17, 15) is 22.8 Å². The molecule has 1 amide bonds. The summed E-state index contributed by atoms with van der Waals surface area (Å²) >= 11 is 0. The van der Waals surface area contributed by atoms with Gasteiger partial charge < -0.3 is 14.8 Å². The fraction of sp³-hybridized carbons (Fsp3) is 0.714. The number of nitrogens with one attached hydrogen (secondary N) is 1. The van der Waals surface area contributed by atoms with Gasteiger partial charge in [0, 0.05) is 13.5 Å². The summed E-state index contributed by atoms with van der Waals surface area (Å²) in [6.45, 7) is 3.14. The number of amides is 1. The summed E-state index contributed by atoms with van der Waals surface area (Å²) in [5.41, 5.74) is 0. The molecule has 0 radical (unpaired) electrons. The third-order valence-electron chi connectivity index (χ3n) is 0.766. The zero-order chi connectivity index (χ0) is 12.5. The zero-order valence-electron chi connectivity index (χ0n) is 8.47. The number of methoxy groups -OCH3 is 1. The fourth-order valence-electron chi connectivity index (χ4n) is 0.379. The molecule has 0 bridgehead atoms. The van der Waals surface area contributed by atoms with E-state index in [4.69, 9.17) is 0 Å². The first kappa shape index (κ1) is 16.0. The van der Waals surface area contributed by atoms with Gasteiger partial charge in [0.05, 0.1) is 7.11 Å². The molecule has 0 rings (SSSR count). The van der Waals surface area contributed by atoms with Crippen LogP contribution in [0.15, 0.2) is 0 Å². The summed E-state index contributed by atoms with van der Waals surface area (Å²) in [7, 11) is 1.34. The number of carbonyl (C=O) groups is 2. The average molecular weight is 231 g/mol. The van der Waals surface area contributed by atoms with Crippen LogP contribution in [-0.4, -0.2) is 32.1 Å². The van der Waals surface area contributed by atoms with Crippen molar-refractivity contribution in [1.82, 2.24) is 5.32 Å². The molecule has 0 saturated carbocycles. The van der Waals surface area contributed by atoms with Gasteiger partial charge in [0.2, 0.25) is 0 Å². The Morgan fingerprint density at radius 1 is 1.33 bits per heavy atom. The number of hydrogen-bond acceptors (Lipinski definition) is 4. The van der Waals surface area contributed by atoms with Crippen molar-refractivity contribution >= 4 is 12.1 Å². The van der Waals surface area contributed by atoms with Crippen molar-refractivity contribution in [2.45, 2.75) is 20.2 Å². The minimum Gasteiger partial charge on any atom is -0.453 e. The molecule has 0 heterocycles. The van der Waals surface area contributed by atoms with Crippen LogP contribution in [0, 0.1) is 0 Å². The van der Waals surface area contributed by atoms with Crippen LogP contribution in [0.25, 0.3) is 0 Å². The third-order valence-corrected chi connectivity index (χ3v) is 0.766. The molecular formula is C7H12F3NO4. The molecule has 0 fully saturated rings. The number of alkyl carbamates (subject to hydrolysis) is 1. The summed E-state index contributed by atoms with van der Waals surface area (Å²) in [5, 5.41) is 2.43. The Bertz CT molecular complexity index is 205. The SMILES string of the molecule is CC(=O)OC(F)(F)F.CCNC(=O)OC. The summed E-state index contributed by atoms with van der Waals surface area (Å²) in [6.07, 6.45) is -5.20. The Morgan fingerprint density at radius 3 is 1.87 bits per heavy atom. The lowest BCUT2D eigenvalue weighted by Crippen LogP contribution is -2.21. The molecule has 0 unspecified atom stereocenters. The molecule has 0 atom stereocenters. The highest BCUT2D eigenvalue weighted by Gasteiger charge is 2.32. The quantitative estimate of drug-likeness (QED) is 0.693. The molecule has 1 N–H and O–H groups in total. The van der Waals surface area contributed by atoms with Gasteiger partial charge in [0.25, 0.3) is 0 Å². The van der Waals surface area contributed by atoms with Crippen LogP contribution in [0.4, 0.5) is 18.0 Å². The number of alkyl halides is 3. The Balaban J connectivity index is 0. The van der Waals surface area contributed by atoms with E-state index >= 15 is 0 Å². The van der Waals surface area contributed by atoms with Crippen molar-refractivity contribution < 1.29 is 32.2 Å². The molecule has 0 aliphatic rings. The van der Waals surface area contributed by atoms with E-state index < -0.39 is 12.3 Å². The Hall–Kier alpha value is -1.47. The number of hydrogen-bond donors (Lipinski definition) is 1. The maximum absolute atomic E-state index is 10.9. The maximum Gasteiger partial charge on any atom is 0.575 e. The predicted molar refractivity (Wildman–Crippen MR) is 43.9 cm³/mol. The first-order valence-corrected chi connectivity index (χ1v) is 3.81. The van der Waals surface area contributed by atoms with Crippen LogP contribution in [-0.2, 0) is 14.3 Å². The minimum atomic E-state index is -4.83. The largest absolute Gasteiger partial charge is 0.575 e. The van der Waals surface area contributed by atoms with Crippen molar-refractivity contribution in [2.75, 3.05) is 13.7 Å². The lowest BCUT2D eigenvalue weighted by atomic mass is 10.8. The summed E-state index contributed by atoms with van der Waals surface area (Å²) in [4.78, 5) is 19.6. The number of rotatable bonds is 1. The van der Waals surface area contributed by atoms with Gasteiger partial charge in [0.15, 0.2) is 0 Å². The topological polar surface area (TPSA) is 64.6 Å². The molecule has 8 heteroatoms. The number of ether oxygens (including phenoxy) is 2. The first-order valence-electron chi connectivity index (χ1n) is 3.81. The van der Waals surface area contributed by atoms with Crippen LogP contribution < -0.4 is 5.32 Å². The molecule has 0 saturated heterocycles. The van der Waals surface area contributed by atoms with E-state index in [2.05, 4.69) is 14.8 Å². The lowest BCUT2D eigenvalue weighted by molar-refractivity contribution is -0.304. The van der Waals surface area contributed by atoms with E-state index in [0.717, 1.165) is 0 Å². The van der Waals surface area contributed by atoms with Gasteiger partial charge in [-0.15, -0.1) is 13.2 Å². The molecule has 15 heavy (non-hydrogen) atoms. The molecule has 5 nitrogen and oxygen atoms in total. The second kappa shape index (κ2) is 7.89. The van der Waals surface area contributed by atoms with Gasteiger partial charge in [-0.3, -0.25) is 4.79 Å². The summed E-state index contributed by atoms with van der Waals surface area (Å²) < 4.78 is 39.6. The molecular weight excluding hydrogens is 219 g/mol. The fourth-order valence-corrected chi connectivity index (χ4v) is 0.379. The standard InChI is InChI=1S/C4H9NO2.C3H3F3O2/c1-3-5-4(6)7-2;1-2(7)8-3(4,5)6/h3H2,1-2H3,(H,5,6);1H3. The summed E-state index contributed by atoms with van der Waals surface area (Å²) in [6, 6.07) is 0. The summed E-state index contributed by atoms with van der Waals surface area (Å²) in [5.74, 6) is -1.35. The van der Waals surface area contributed by atoms with Crippen molar-refractivity contribution in [3.8, 4) is 0 Å². The molecule has 0 aliphatic heterocycles. The highest BCUT2D eigenvalue weighted by Crippen LogP contribution is 2.15. The van der Waals surface area contributed by atoms with Gasteiger partial charge in [-0.05, 0) is 6.92 Å². The minimum absolute atomic E-state index is 0.373.